The van der Waals surface area contributed by atoms with Gasteiger partial charge in [-0.15, -0.1) is 0 Å². The van der Waals surface area contributed by atoms with Gasteiger partial charge in [0.15, 0.2) is 0 Å². The first-order chi connectivity index (χ1) is 11.7. The highest BCUT2D eigenvalue weighted by Gasteiger charge is 2.40. The molecule has 1 aromatic rings. The Bertz CT molecular complexity index is 525. The van der Waals surface area contributed by atoms with Gasteiger partial charge in [0.25, 0.3) is 0 Å². The molecule has 0 saturated carbocycles. The zero-order chi connectivity index (χ0) is 18.5. The highest BCUT2D eigenvalue weighted by Crippen LogP contribution is 2.39. The quantitative estimate of drug-likeness (QED) is 0.777. The van der Waals surface area contributed by atoms with Gasteiger partial charge in [-0.2, -0.15) is 0 Å². The van der Waals surface area contributed by atoms with Crippen molar-refractivity contribution < 1.29 is 9.47 Å². The molecule has 2 rings (SSSR count). The van der Waals surface area contributed by atoms with Crippen molar-refractivity contribution in [3.63, 3.8) is 0 Å². The van der Waals surface area contributed by atoms with Crippen LogP contribution in [0.2, 0.25) is 0 Å². The first-order valence-electron chi connectivity index (χ1n) is 9.45. The van der Waals surface area contributed by atoms with E-state index in [9.17, 15) is 0 Å². The molecule has 0 unspecified atom stereocenters. The second kappa shape index (κ2) is 8.52. The fourth-order valence-corrected chi connectivity index (χ4v) is 4.03. The lowest BCUT2D eigenvalue weighted by Gasteiger charge is -2.46. The van der Waals surface area contributed by atoms with Crippen molar-refractivity contribution in [2.75, 3.05) is 33.8 Å². The van der Waals surface area contributed by atoms with Gasteiger partial charge in [-0.05, 0) is 72.3 Å². The van der Waals surface area contributed by atoms with Gasteiger partial charge < -0.3 is 19.7 Å². The Kier molecular flexibility index (Phi) is 6.89. The molecule has 1 N–H and O–H groups in total. The van der Waals surface area contributed by atoms with Crippen LogP contribution in [0, 0.1) is 5.41 Å². The summed E-state index contributed by atoms with van der Waals surface area (Å²) < 4.78 is 11.7. The van der Waals surface area contributed by atoms with Crippen molar-refractivity contribution in [3.05, 3.63) is 29.8 Å². The third kappa shape index (κ3) is 6.61. The molecule has 1 aliphatic rings. The topological polar surface area (TPSA) is 33.7 Å². The smallest absolute Gasteiger partial charge is 0.119 e. The van der Waals surface area contributed by atoms with Gasteiger partial charge in [-0.1, -0.05) is 12.1 Å². The summed E-state index contributed by atoms with van der Waals surface area (Å²) in [5.74, 6) is 0.939. The van der Waals surface area contributed by atoms with Crippen molar-refractivity contribution in [1.29, 1.82) is 0 Å². The average molecular weight is 349 g/mol. The fourth-order valence-electron chi connectivity index (χ4n) is 4.03. The fraction of sp³-hybridized carbons (Fsp3) is 0.714. The van der Waals surface area contributed by atoms with Crippen LogP contribution in [0.4, 0.5) is 0 Å². The van der Waals surface area contributed by atoms with E-state index in [1.165, 1.54) is 5.56 Å². The summed E-state index contributed by atoms with van der Waals surface area (Å²) in [7, 11) is 4.33. The minimum atomic E-state index is -0.0359. The van der Waals surface area contributed by atoms with Crippen LogP contribution in [0.5, 0.6) is 5.75 Å². The number of nitrogens with zero attached hydrogens (tertiary/aromatic N) is 1. The number of nitrogens with one attached hydrogen (secondary N) is 1. The summed E-state index contributed by atoms with van der Waals surface area (Å²) in [6, 6.07) is 8.42. The summed E-state index contributed by atoms with van der Waals surface area (Å²) in [5, 5.41) is 3.69. The Morgan fingerprint density at radius 1 is 1.20 bits per heavy atom. The maximum Gasteiger partial charge on any atom is 0.119 e. The predicted octanol–water partition coefficient (Wildman–Crippen LogP) is 3.70. The van der Waals surface area contributed by atoms with E-state index in [-0.39, 0.29) is 17.1 Å². The van der Waals surface area contributed by atoms with Crippen molar-refractivity contribution in [1.82, 2.24) is 10.2 Å². The van der Waals surface area contributed by atoms with E-state index in [2.05, 4.69) is 76.3 Å². The standard InChI is InChI=1S/C21H36N2O2/c1-17(2)25-19-9-7-18(8-10-19)13-22-15-21(16-23(5)6)11-12-24-20(3,4)14-21/h7-10,17,22H,11-16H2,1-6H3/t21-/m0/s1. The molecule has 4 heteroatoms. The first-order valence-corrected chi connectivity index (χ1v) is 9.45. The van der Waals surface area contributed by atoms with Gasteiger partial charge in [0.1, 0.15) is 5.75 Å². The minimum absolute atomic E-state index is 0.0359. The average Bonchev–Trinajstić information content (AvgIpc) is 2.46. The molecular formula is C21H36N2O2. The zero-order valence-corrected chi connectivity index (χ0v) is 16.9. The summed E-state index contributed by atoms with van der Waals surface area (Å²) in [4.78, 5) is 2.31. The van der Waals surface area contributed by atoms with Crippen LogP contribution >= 0.6 is 0 Å². The summed E-state index contributed by atoms with van der Waals surface area (Å²) in [5.41, 5.74) is 1.53. The van der Waals surface area contributed by atoms with Crippen molar-refractivity contribution in [3.8, 4) is 5.75 Å². The predicted molar refractivity (Wildman–Crippen MR) is 104 cm³/mol. The molecule has 0 aliphatic carbocycles. The molecule has 25 heavy (non-hydrogen) atoms. The van der Waals surface area contributed by atoms with E-state index < -0.39 is 0 Å². The third-order valence-electron chi connectivity index (χ3n) is 4.70. The van der Waals surface area contributed by atoms with Crippen LogP contribution in [0.1, 0.15) is 46.1 Å². The van der Waals surface area contributed by atoms with Crippen LogP contribution < -0.4 is 10.1 Å². The number of hydrogen-bond acceptors (Lipinski definition) is 4. The Labute approximate surface area is 153 Å². The van der Waals surface area contributed by atoms with Crippen LogP contribution in [-0.2, 0) is 11.3 Å². The Morgan fingerprint density at radius 2 is 1.88 bits per heavy atom. The minimum Gasteiger partial charge on any atom is -0.491 e. The van der Waals surface area contributed by atoms with Gasteiger partial charge >= 0.3 is 0 Å². The lowest BCUT2D eigenvalue weighted by molar-refractivity contribution is -0.109. The first kappa shape index (κ1) is 20.2. The van der Waals surface area contributed by atoms with Gasteiger partial charge in [0.2, 0.25) is 0 Å². The largest absolute Gasteiger partial charge is 0.491 e. The molecular weight excluding hydrogens is 312 g/mol. The van der Waals surface area contributed by atoms with Crippen LogP contribution in [-0.4, -0.2) is 50.4 Å². The highest BCUT2D eigenvalue weighted by molar-refractivity contribution is 5.27. The number of ether oxygens (including phenoxy) is 2. The molecule has 0 radical (unpaired) electrons. The third-order valence-corrected chi connectivity index (χ3v) is 4.70. The van der Waals surface area contributed by atoms with Crippen LogP contribution in [0.15, 0.2) is 24.3 Å². The molecule has 1 aliphatic heterocycles. The molecule has 1 atom stereocenters. The summed E-state index contributed by atoms with van der Waals surface area (Å²) in [6.45, 7) is 12.4. The second-order valence-corrected chi connectivity index (χ2v) is 8.69. The molecule has 142 valence electrons. The van der Waals surface area contributed by atoms with E-state index in [0.29, 0.717) is 0 Å². The van der Waals surface area contributed by atoms with E-state index in [1.54, 1.807) is 0 Å². The maximum absolute atomic E-state index is 5.95. The summed E-state index contributed by atoms with van der Waals surface area (Å²) >= 11 is 0. The van der Waals surface area contributed by atoms with Gasteiger partial charge in [0.05, 0.1) is 11.7 Å². The SMILES string of the molecule is CC(C)Oc1ccc(CNC[C@]2(CN(C)C)CCOC(C)(C)C2)cc1. The van der Waals surface area contributed by atoms with Crippen molar-refractivity contribution >= 4 is 0 Å². The second-order valence-electron chi connectivity index (χ2n) is 8.69. The molecule has 0 aromatic heterocycles. The van der Waals surface area contributed by atoms with E-state index in [4.69, 9.17) is 9.47 Å². The zero-order valence-electron chi connectivity index (χ0n) is 16.9. The monoisotopic (exact) mass is 348 g/mol. The molecule has 1 fully saturated rings. The summed E-state index contributed by atoms with van der Waals surface area (Å²) in [6.07, 6.45) is 2.42. The van der Waals surface area contributed by atoms with Gasteiger partial charge in [0, 0.05) is 31.7 Å². The van der Waals surface area contributed by atoms with E-state index >= 15 is 0 Å². The van der Waals surface area contributed by atoms with Crippen molar-refractivity contribution in [2.24, 2.45) is 5.41 Å². The number of hydrogen-bond donors (Lipinski definition) is 1. The normalized spacial score (nSPS) is 23.2. The lowest BCUT2D eigenvalue weighted by atomic mass is 9.73. The Balaban J connectivity index is 1.92. The van der Waals surface area contributed by atoms with Crippen LogP contribution in [0.25, 0.3) is 0 Å². The molecule has 0 spiro atoms. The van der Waals surface area contributed by atoms with Crippen LogP contribution in [0.3, 0.4) is 0 Å². The molecule has 0 amide bonds. The lowest BCUT2D eigenvalue weighted by Crippen LogP contribution is -2.50. The molecule has 1 heterocycles. The molecule has 1 saturated heterocycles. The Hall–Kier alpha value is -1.10. The molecule has 1 aromatic carbocycles. The Morgan fingerprint density at radius 3 is 2.44 bits per heavy atom. The number of benzene rings is 1. The molecule has 0 bridgehead atoms. The van der Waals surface area contributed by atoms with Gasteiger partial charge in [-0.25, -0.2) is 0 Å². The van der Waals surface area contributed by atoms with E-state index in [0.717, 1.165) is 44.8 Å². The molecule has 4 nitrogen and oxygen atoms in total. The number of rotatable bonds is 8. The van der Waals surface area contributed by atoms with Gasteiger partial charge in [-0.3, -0.25) is 0 Å². The maximum atomic E-state index is 5.95. The van der Waals surface area contributed by atoms with E-state index in [1.807, 2.05) is 0 Å². The van der Waals surface area contributed by atoms with Crippen molar-refractivity contribution in [2.45, 2.75) is 58.8 Å². The highest BCUT2D eigenvalue weighted by atomic mass is 16.5.